The van der Waals surface area contributed by atoms with E-state index >= 15 is 0 Å². The average Bonchev–Trinajstić information content (AvgIpc) is 3.58. The number of carbonyl (C=O) groups excluding carboxylic acids is 2. The summed E-state index contributed by atoms with van der Waals surface area (Å²) in [6, 6.07) is 9.68. The van der Waals surface area contributed by atoms with E-state index in [2.05, 4.69) is 15.3 Å². The second kappa shape index (κ2) is 10.9. The molecule has 44 heavy (non-hydrogen) atoms. The molecule has 2 atom stereocenters. The summed E-state index contributed by atoms with van der Waals surface area (Å²) in [5, 5.41) is 13.3. The van der Waals surface area contributed by atoms with E-state index in [1.54, 1.807) is 6.92 Å². The molecule has 0 fully saturated rings. The smallest absolute Gasteiger partial charge is 0.424 e. The van der Waals surface area contributed by atoms with Gasteiger partial charge in [0.05, 0.1) is 19.3 Å². The lowest BCUT2D eigenvalue weighted by molar-refractivity contribution is -0.265. The number of alkyl halides is 3. The van der Waals surface area contributed by atoms with E-state index < -0.39 is 47.1 Å². The summed E-state index contributed by atoms with van der Waals surface area (Å²) in [5.41, 5.74) is 0.0891. The average molecular weight is 615 g/mol. The zero-order chi connectivity index (χ0) is 32.0. The molecule has 3 heterocycles. The molecule has 2 aromatic heterocycles. The molecule has 1 aliphatic heterocycles. The van der Waals surface area contributed by atoms with Gasteiger partial charge in [-0.05, 0) is 55.5 Å². The van der Waals surface area contributed by atoms with Gasteiger partial charge in [0.25, 0.3) is 5.91 Å². The highest BCUT2D eigenvalue weighted by atomic mass is 19.4. The number of aliphatic hydroxyl groups is 1. The van der Waals surface area contributed by atoms with Gasteiger partial charge >= 0.3 is 6.18 Å². The van der Waals surface area contributed by atoms with Crippen LogP contribution in [0, 0.1) is 12.7 Å². The number of fused-ring (bicyclic) bond motifs is 1. The Balaban J connectivity index is 1.54. The van der Waals surface area contributed by atoms with Crippen LogP contribution in [0.3, 0.4) is 0 Å². The van der Waals surface area contributed by atoms with Gasteiger partial charge in [-0.3, -0.25) is 9.59 Å². The number of primary amides is 1. The maximum Gasteiger partial charge on any atom is 0.424 e. The number of halogens is 4. The number of hydrogen-bond acceptors (Lipinski definition) is 8. The number of amides is 2. The summed E-state index contributed by atoms with van der Waals surface area (Å²) >= 11 is 0. The highest BCUT2D eigenvalue weighted by Crippen LogP contribution is 2.47. The van der Waals surface area contributed by atoms with Crippen LogP contribution in [0.1, 0.15) is 34.4 Å². The van der Waals surface area contributed by atoms with Gasteiger partial charge in [-0.25, -0.2) is 14.4 Å². The minimum Gasteiger partial charge on any atom is -0.496 e. The zero-order valence-electron chi connectivity index (χ0n) is 23.6. The molecule has 4 N–H and O–H groups in total. The first-order valence-electron chi connectivity index (χ1n) is 13.1. The molecule has 5 rings (SSSR count). The fourth-order valence-electron chi connectivity index (χ4n) is 4.78. The van der Waals surface area contributed by atoms with Gasteiger partial charge < -0.3 is 30.0 Å². The molecular weight excluding hydrogens is 588 g/mol. The highest BCUT2D eigenvalue weighted by molar-refractivity contribution is 5.95. The van der Waals surface area contributed by atoms with Crippen LogP contribution >= 0.6 is 0 Å². The van der Waals surface area contributed by atoms with Crippen LogP contribution in [0.2, 0.25) is 0 Å². The van der Waals surface area contributed by atoms with Gasteiger partial charge in [0, 0.05) is 29.2 Å². The molecular formula is C30H26F4N4O6. The SMILES string of the molecule is COc1cc(C(=O)NCC(O)(c2cc3c(c(-c4ccc(F)cc4)n2)OC[C@]3(C)C(N)=O)C(F)(F)F)ccc1-c1coc(C)n1. The van der Waals surface area contributed by atoms with Crippen LogP contribution < -0.4 is 20.5 Å². The first kappa shape index (κ1) is 30.5. The number of nitrogens with two attached hydrogens (primary N) is 1. The molecule has 1 aliphatic rings. The number of nitrogens with zero attached hydrogens (tertiary/aromatic N) is 2. The van der Waals surface area contributed by atoms with Crippen molar-refractivity contribution in [2.75, 3.05) is 20.3 Å². The van der Waals surface area contributed by atoms with Crippen LogP contribution in [0.4, 0.5) is 17.6 Å². The summed E-state index contributed by atoms with van der Waals surface area (Å²) in [7, 11) is 1.34. The summed E-state index contributed by atoms with van der Waals surface area (Å²) in [5.74, 6) is -1.91. The van der Waals surface area contributed by atoms with Crippen LogP contribution in [0.5, 0.6) is 11.5 Å². The summed E-state index contributed by atoms with van der Waals surface area (Å²) in [6.07, 6.45) is -3.98. The number of pyridine rings is 1. The van der Waals surface area contributed by atoms with Crippen molar-refractivity contribution in [1.82, 2.24) is 15.3 Å². The lowest BCUT2D eigenvalue weighted by Gasteiger charge is -2.31. The predicted molar refractivity (Wildman–Crippen MR) is 147 cm³/mol. The molecule has 0 spiro atoms. The Morgan fingerprint density at radius 3 is 2.43 bits per heavy atom. The number of nitrogens with one attached hydrogen (secondary N) is 1. The minimum atomic E-state index is -5.36. The molecule has 14 heteroatoms. The number of ether oxygens (including phenoxy) is 2. The number of hydrogen-bond donors (Lipinski definition) is 3. The summed E-state index contributed by atoms with van der Waals surface area (Å²) in [6.45, 7) is 1.36. The van der Waals surface area contributed by atoms with Gasteiger partial charge in [-0.15, -0.1) is 0 Å². The molecule has 0 saturated carbocycles. The first-order chi connectivity index (χ1) is 20.7. The number of rotatable bonds is 8. The van der Waals surface area contributed by atoms with Gasteiger partial charge in [0.15, 0.2) is 5.89 Å². The Bertz CT molecular complexity index is 1760. The quantitative estimate of drug-likeness (QED) is 0.250. The Morgan fingerprint density at radius 2 is 1.84 bits per heavy atom. The molecule has 10 nitrogen and oxygen atoms in total. The second-order valence-electron chi connectivity index (χ2n) is 10.4. The molecule has 2 aromatic carbocycles. The largest absolute Gasteiger partial charge is 0.496 e. The second-order valence-corrected chi connectivity index (χ2v) is 10.4. The van der Waals surface area contributed by atoms with Crippen molar-refractivity contribution in [2.45, 2.75) is 31.0 Å². The molecule has 1 unspecified atom stereocenters. The lowest BCUT2D eigenvalue weighted by atomic mass is 9.81. The van der Waals surface area contributed by atoms with Crippen molar-refractivity contribution >= 4 is 11.8 Å². The summed E-state index contributed by atoms with van der Waals surface area (Å²) in [4.78, 5) is 33.7. The van der Waals surface area contributed by atoms with Crippen molar-refractivity contribution < 1.29 is 46.1 Å². The van der Waals surface area contributed by atoms with Crippen molar-refractivity contribution in [3.63, 3.8) is 0 Å². The Morgan fingerprint density at radius 1 is 1.14 bits per heavy atom. The lowest BCUT2D eigenvalue weighted by Crippen LogP contribution is -2.51. The molecule has 2 amide bonds. The van der Waals surface area contributed by atoms with Crippen molar-refractivity contribution in [2.24, 2.45) is 5.73 Å². The standard InChI is InChI=1S/C30H26F4N4O6/c1-15-37-21(12-43-15)19-9-6-17(10-22(19)42-3)26(39)36-13-29(41,30(32,33)34)23-11-20-25(44-14-28(20,2)27(35)40)24(38-23)16-4-7-18(31)8-5-16/h4-12,41H,13-14H2,1-3H3,(H2,35,40)(H,36,39)/t28-,29?/m0/s1. The third-order valence-electron chi connectivity index (χ3n) is 7.49. The van der Waals surface area contributed by atoms with Gasteiger partial charge in [-0.1, -0.05) is 0 Å². The Kier molecular flexibility index (Phi) is 7.58. The molecule has 230 valence electrons. The van der Waals surface area contributed by atoms with Crippen molar-refractivity contribution in [3.8, 4) is 34.0 Å². The zero-order valence-corrected chi connectivity index (χ0v) is 23.6. The molecule has 0 radical (unpaired) electrons. The number of oxazole rings is 1. The van der Waals surface area contributed by atoms with Gasteiger partial charge in [0.2, 0.25) is 11.5 Å². The maximum absolute atomic E-state index is 14.6. The summed E-state index contributed by atoms with van der Waals surface area (Å²) < 4.78 is 73.8. The van der Waals surface area contributed by atoms with Crippen LogP contribution in [0.25, 0.3) is 22.5 Å². The highest BCUT2D eigenvalue weighted by Gasteiger charge is 2.57. The van der Waals surface area contributed by atoms with E-state index in [4.69, 9.17) is 19.6 Å². The maximum atomic E-state index is 14.6. The predicted octanol–water partition coefficient (Wildman–Crippen LogP) is 4.18. The normalized spacial score (nSPS) is 17.4. The van der Waals surface area contributed by atoms with Crippen LogP contribution in [-0.4, -0.2) is 53.3 Å². The number of aryl methyl sites for hydroxylation is 1. The molecule has 0 saturated heterocycles. The van der Waals surface area contributed by atoms with E-state index in [0.717, 1.165) is 18.2 Å². The van der Waals surface area contributed by atoms with E-state index in [9.17, 15) is 32.3 Å². The van der Waals surface area contributed by atoms with E-state index in [1.807, 2.05) is 0 Å². The van der Waals surface area contributed by atoms with Crippen LogP contribution in [0.15, 0.2) is 59.2 Å². The molecule has 0 aliphatic carbocycles. The van der Waals surface area contributed by atoms with Crippen LogP contribution in [-0.2, 0) is 15.8 Å². The molecule has 4 aromatic rings. The number of aromatic nitrogens is 2. The third-order valence-corrected chi connectivity index (χ3v) is 7.49. The van der Waals surface area contributed by atoms with Gasteiger partial charge in [-0.2, -0.15) is 13.2 Å². The third kappa shape index (κ3) is 5.21. The van der Waals surface area contributed by atoms with Crippen molar-refractivity contribution in [3.05, 3.63) is 83.3 Å². The minimum absolute atomic E-state index is 0.0373. The Labute approximate surface area is 247 Å². The molecule has 0 bridgehead atoms. The first-order valence-corrected chi connectivity index (χ1v) is 13.1. The van der Waals surface area contributed by atoms with Crippen molar-refractivity contribution in [1.29, 1.82) is 0 Å². The monoisotopic (exact) mass is 614 g/mol. The van der Waals surface area contributed by atoms with E-state index in [-0.39, 0.29) is 40.5 Å². The van der Waals surface area contributed by atoms with E-state index in [1.165, 1.54) is 50.6 Å². The fraction of sp³-hybridized carbons (Fsp3) is 0.267. The topological polar surface area (TPSA) is 150 Å². The van der Waals surface area contributed by atoms with Gasteiger partial charge in [0.1, 0.15) is 47.0 Å². The Hall–Kier alpha value is -4.98. The fourth-order valence-corrected chi connectivity index (χ4v) is 4.78. The number of benzene rings is 2. The number of methoxy groups -OCH3 is 1. The number of carbonyl (C=O) groups is 2. The van der Waals surface area contributed by atoms with E-state index in [0.29, 0.717) is 17.1 Å².